The van der Waals surface area contributed by atoms with E-state index in [4.69, 9.17) is 4.42 Å². The Kier molecular flexibility index (Phi) is 6.17. The van der Waals surface area contributed by atoms with Crippen LogP contribution in [-0.2, 0) is 0 Å². The maximum Gasteiger partial charge on any atom is 0.315 e. The summed E-state index contributed by atoms with van der Waals surface area (Å²) in [5.41, 5.74) is 3.22. The Balaban J connectivity index is 1.30. The molecule has 3 amide bonds. The van der Waals surface area contributed by atoms with Crippen LogP contribution >= 0.6 is 0 Å². The maximum absolute atomic E-state index is 13.5. The van der Waals surface area contributed by atoms with E-state index in [1.54, 1.807) is 6.07 Å². The number of nitrogens with one attached hydrogen (secondary N) is 2. The first-order chi connectivity index (χ1) is 15.3. The third-order valence-electron chi connectivity index (χ3n) is 6.09. The van der Waals surface area contributed by atoms with Crippen LogP contribution in [-0.4, -0.2) is 36.0 Å². The van der Waals surface area contributed by atoms with Crippen molar-refractivity contribution in [3.05, 3.63) is 70.7 Å². The summed E-state index contributed by atoms with van der Waals surface area (Å²) >= 11 is 0. The van der Waals surface area contributed by atoms with E-state index < -0.39 is 0 Å². The van der Waals surface area contributed by atoms with Crippen LogP contribution in [0.3, 0.4) is 0 Å². The highest BCUT2D eigenvalue weighted by atomic mass is 19.1. The van der Waals surface area contributed by atoms with Gasteiger partial charge in [0.2, 0.25) is 0 Å². The predicted molar refractivity (Wildman–Crippen MR) is 121 cm³/mol. The Morgan fingerprint density at radius 2 is 1.78 bits per heavy atom. The smallest absolute Gasteiger partial charge is 0.315 e. The topological polar surface area (TPSA) is 74.6 Å². The number of nitrogens with zero attached hydrogens (tertiary/aromatic N) is 1. The van der Waals surface area contributed by atoms with Gasteiger partial charge < -0.3 is 20.0 Å². The van der Waals surface area contributed by atoms with E-state index in [2.05, 4.69) is 10.6 Å². The Labute approximate surface area is 186 Å². The van der Waals surface area contributed by atoms with Crippen molar-refractivity contribution in [2.45, 2.75) is 45.7 Å². The van der Waals surface area contributed by atoms with Crippen molar-refractivity contribution in [2.75, 3.05) is 13.1 Å². The number of amides is 3. The quantitative estimate of drug-likeness (QED) is 0.613. The zero-order valence-electron chi connectivity index (χ0n) is 18.6. The summed E-state index contributed by atoms with van der Waals surface area (Å²) in [6.07, 6.45) is 1.39. The van der Waals surface area contributed by atoms with Crippen LogP contribution in [0.1, 0.15) is 53.1 Å². The second kappa shape index (κ2) is 9.02. The van der Waals surface area contributed by atoms with Crippen LogP contribution in [0.15, 0.2) is 46.9 Å². The van der Waals surface area contributed by atoms with Crippen LogP contribution in [0, 0.1) is 19.7 Å². The number of benzene rings is 2. The SMILES string of the molecule is Cc1ccc(C(=O)N2CCC(NC(=O)NC(C)c3oc4ccc(F)cc4c3C)CC2)cc1. The summed E-state index contributed by atoms with van der Waals surface area (Å²) in [6.45, 7) is 6.89. The fourth-order valence-corrected chi connectivity index (χ4v) is 4.22. The van der Waals surface area contributed by atoms with Crippen molar-refractivity contribution in [2.24, 2.45) is 0 Å². The van der Waals surface area contributed by atoms with Gasteiger partial charge in [0, 0.05) is 35.6 Å². The Bertz CT molecular complexity index is 1130. The number of aryl methyl sites for hydroxylation is 2. The number of likely N-dealkylation sites (tertiary alicyclic amines) is 1. The number of carbonyl (C=O) groups is 2. The predicted octanol–water partition coefficient (Wildman–Crippen LogP) is 4.85. The number of halogens is 1. The molecule has 0 radical (unpaired) electrons. The Morgan fingerprint density at radius 3 is 2.47 bits per heavy atom. The molecule has 0 spiro atoms. The van der Waals surface area contributed by atoms with E-state index in [0.29, 0.717) is 48.2 Å². The van der Waals surface area contributed by atoms with Crippen molar-refractivity contribution < 1.29 is 18.4 Å². The molecule has 0 bridgehead atoms. The Morgan fingerprint density at radius 1 is 1.09 bits per heavy atom. The summed E-state index contributed by atoms with van der Waals surface area (Å²) in [5, 5.41) is 6.61. The number of furan rings is 1. The van der Waals surface area contributed by atoms with Gasteiger partial charge in [0.05, 0.1) is 6.04 Å². The average molecular weight is 438 g/mol. The molecular formula is C25H28FN3O3. The number of hydrogen-bond donors (Lipinski definition) is 2. The van der Waals surface area contributed by atoms with Gasteiger partial charge in [0.15, 0.2) is 0 Å². The van der Waals surface area contributed by atoms with Crippen molar-refractivity contribution >= 4 is 22.9 Å². The van der Waals surface area contributed by atoms with Gasteiger partial charge in [-0.15, -0.1) is 0 Å². The van der Waals surface area contributed by atoms with Crippen LogP contribution in [0.4, 0.5) is 9.18 Å². The van der Waals surface area contributed by atoms with Crippen LogP contribution < -0.4 is 10.6 Å². The minimum Gasteiger partial charge on any atom is -0.459 e. The molecule has 1 aliphatic rings. The summed E-state index contributed by atoms with van der Waals surface area (Å²) < 4.78 is 19.4. The van der Waals surface area contributed by atoms with Crippen LogP contribution in [0.25, 0.3) is 11.0 Å². The van der Waals surface area contributed by atoms with E-state index >= 15 is 0 Å². The van der Waals surface area contributed by atoms with E-state index in [0.717, 1.165) is 11.1 Å². The number of rotatable bonds is 4. The van der Waals surface area contributed by atoms with Crippen molar-refractivity contribution in [3.63, 3.8) is 0 Å². The zero-order chi connectivity index (χ0) is 22.8. The van der Waals surface area contributed by atoms with Gasteiger partial charge in [0.1, 0.15) is 17.2 Å². The standard InChI is InChI=1S/C25H28FN3O3/c1-15-4-6-18(7-5-15)24(30)29-12-10-20(11-13-29)28-25(31)27-17(3)23-16(2)21-14-19(26)8-9-22(21)32-23/h4-9,14,17,20H,10-13H2,1-3H3,(H2,27,28,31). The Hall–Kier alpha value is -3.35. The lowest BCUT2D eigenvalue weighted by atomic mass is 10.0. The monoisotopic (exact) mass is 437 g/mol. The molecule has 1 saturated heterocycles. The van der Waals surface area contributed by atoms with E-state index in [-0.39, 0.29) is 29.8 Å². The summed E-state index contributed by atoms with van der Waals surface area (Å²) in [6, 6.07) is 11.3. The van der Waals surface area contributed by atoms with Crippen molar-refractivity contribution in [1.82, 2.24) is 15.5 Å². The molecule has 2 heterocycles. The number of hydrogen-bond acceptors (Lipinski definition) is 3. The fourth-order valence-electron chi connectivity index (χ4n) is 4.22. The number of fused-ring (bicyclic) bond motifs is 1. The lowest BCUT2D eigenvalue weighted by Gasteiger charge is -2.32. The molecular weight excluding hydrogens is 409 g/mol. The van der Waals surface area contributed by atoms with Crippen molar-refractivity contribution in [1.29, 1.82) is 0 Å². The molecule has 4 rings (SSSR count). The summed E-state index contributed by atoms with van der Waals surface area (Å²) in [5.74, 6) is 0.316. The van der Waals surface area contributed by atoms with Gasteiger partial charge in [-0.3, -0.25) is 4.79 Å². The minimum atomic E-state index is -0.367. The van der Waals surface area contributed by atoms with E-state index in [9.17, 15) is 14.0 Å². The number of piperidine rings is 1. The van der Waals surface area contributed by atoms with Gasteiger partial charge in [0.25, 0.3) is 5.91 Å². The van der Waals surface area contributed by atoms with Gasteiger partial charge >= 0.3 is 6.03 Å². The van der Waals surface area contributed by atoms with Gasteiger partial charge in [-0.25, -0.2) is 9.18 Å². The van der Waals surface area contributed by atoms with Crippen LogP contribution in [0.2, 0.25) is 0 Å². The molecule has 7 heteroatoms. The molecule has 3 aromatic rings. The molecule has 1 aromatic heterocycles. The molecule has 1 unspecified atom stereocenters. The van der Waals surface area contributed by atoms with Gasteiger partial charge in [-0.2, -0.15) is 0 Å². The van der Waals surface area contributed by atoms with E-state index in [1.165, 1.54) is 12.1 Å². The lowest BCUT2D eigenvalue weighted by molar-refractivity contribution is 0.0708. The third-order valence-corrected chi connectivity index (χ3v) is 6.09. The first-order valence-electron chi connectivity index (χ1n) is 10.9. The first kappa shape index (κ1) is 21.9. The normalized spacial score (nSPS) is 15.6. The maximum atomic E-state index is 13.5. The number of carbonyl (C=O) groups excluding carboxylic acids is 2. The first-order valence-corrected chi connectivity index (χ1v) is 10.9. The van der Waals surface area contributed by atoms with Crippen LogP contribution in [0.5, 0.6) is 0 Å². The third kappa shape index (κ3) is 4.61. The molecule has 0 aliphatic carbocycles. The highest BCUT2D eigenvalue weighted by Crippen LogP contribution is 2.30. The molecule has 1 fully saturated rings. The van der Waals surface area contributed by atoms with Crippen molar-refractivity contribution in [3.8, 4) is 0 Å². The second-order valence-corrected chi connectivity index (χ2v) is 8.50. The largest absolute Gasteiger partial charge is 0.459 e. The van der Waals surface area contributed by atoms with E-state index in [1.807, 2.05) is 49.9 Å². The summed E-state index contributed by atoms with van der Waals surface area (Å²) in [7, 11) is 0. The molecule has 2 N–H and O–H groups in total. The van der Waals surface area contributed by atoms with Gasteiger partial charge in [-0.05, 0) is 63.9 Å². The van der Waals surface area contributed by atoms with Gasteiger partial charge in [-0.1, -0.05) is 17.7 Å². The molecule has 168 valence electrons. The molecule has 0 saturated carbocycles. The molecule has 1 atom stereocenters. The zero-order valence-corrected chi connectivity index (χ0v) is 18.6. The molecule has 6 nitrogen and oxygen atoms in total. The molecule has 32 heavy (non-hydrogen) atoms. The minimum absolute atomic E-state index is 0.00451. The molecule has 1 aliphatic heterocycles. The lowest BCUT2D eigenvalue weighted by Crippen LogP contribution is -2.49. The average Bonchev–Trinajstić information content (AvgIpc) is 3.10. The fraction of sp³-hybridized carbons (Fsp3) is 0.360. The summed E-state index contributed by atoms with van der Waals surface area (Å²) in [4.78, 5) is 27.0. The molecule has 2 aromatic carbocycles. The highest BCUT2D eigenvalue weighted by molar-refractivity contribution is 5.94. The highest BCUT2D eigenvalue weighted by Gasteiger charge is 2.25. The number of urea groups is 1. The second-order valence-electron chi connectivity index (χ2n) is 8.50.